The number of hydrogen-bond donors (Lipinski definition) is 6. The van der Waals surface area contributed by atoms with Gasteiger partial charge < -0.3 is 46.4 Å². The van der Waals surface area contributed by atoms with Crippen LogP contribution in [0, 0.1) is 17.8 Å². The zero-order chi connectivity index (χ0) is 49.4. The van der Waals surface area contributed by atoms with Gasteiger partial charge in [0, 0.05) is 39.6 Å². The van der Waals surface area contributed by atoms with Crippen molar-refractivity contribution in [3.8, 4) is 0 Å². The molecule has 2 fully saturated rings. The van der Waals surface area contributed by atoms with Gasteiger partial charge in [-0.1, -0.05) is 76.8 Å². The third-order valence-corrected chi connectivity index (χ3v) is 11.4. The number of aromatic nitrogens is 2. The van der Waals surface area contributed by atoms with Crippen molar-refractivity contribution in [1.82, 2.24) is 51.7 Å². The van der Waals surface area contributed by atoms with Crippen molar-refractivity contribution in [2.75, 3.05) is 33.7 Å². The van der Waals surface area contributed by atoms with E-state index in [1.165, 1.54) is 42.5 Å². The van der Waals surface area contributed by atoms with Crippen LogP contribution in [-0.2, 0) is 38.3 Å². The smallest absolute Gasteiger partial charge is 0.410 e. The standard InChI is InChI=1S/C47H68N10O10/c1-9-16-32(39(59)44(64)50-25-36(58)54-38(45(65)56(7)8)30-19-14-11-15-20-30)51-40(60)31-26-57(46(66)67-47(4,5)6)27-35(31)53-41(61)33(23-28(2)3)52-43(63)37(29-17-12-10-13-18-29)55-42(62)34-24-48-21-22-49-34/h11,14-15,19-22,24,28-29,31-33,35,37-38H,9-10,12-13,16-18,23,25-27H2,1-8H3,(H,50,64)(H,51,60)(H,52,63)(H,53,61)(H,54,58)(H,55,62)/t31-,32+,33+,35+,37+,38+/m1/s1. The Labute approximate surface area is 392 Å². The molecule has 4 rings (SSSR count). The van der Waals surface area contributed by atoms with Crippen molar-refractivity contribution in [1.29, 1.82) is 0 Å². The summed E-state index contributed by atoms with van der Waals surface area (Å²) in [5.41, 5.74) is -0.350. The summed E-state index contributed by atoms with van der Waals surface area (Å²) in [6, 6.07) is 2.98. The number of carbonyl (C=O) groups is 9. The highest BCUT2D eigenvalue weighted by atomic mass is 16.6. The van der Waals surface area contributed by atoms with Gasteiger partial charge in [-0.2, -0.15) is 0 Å². The number of benzene rings is 1. The first-order valence-electron chi connectivity index (χ1n) is 23.0. The second kappa shape index (κ2) is 24.9. The lowest BCUT2D eigenvalue weighted by molar-refractivity contribution is -0.141. The second-order valence-corrected chi connectivity index (χ2v) is 18.8. The number of Topliss-reactive ketones (excluding diaryl/α,β-unsaturated/α-hetero) is 1. The molecule has 0 unspecified atom stereocenters. The first kappa shape index (κ1) is 53.1. The van der Waals surface area contributed by atoms with E-state index in [-0.39, 0.29) is 43.5 Å². The summed E-state index contributed by atoms with van der Waals surface area (Å²) in [6.07, 6.45) is 8.04. The van der Waals surface area contributed by atoms with Crippen LogP contribution in [0.5, 0.6) is 0 Å². The molecule has 1 aliphatic carbocycles. The molecule has 0 spiro atoms. The van der Waals surface area contributed by atoms with E-state index in [9.17, 15) is 43.2 Å². The minimum Gasteiger partial charge on any atom is -0.444 e. The molecule has 67 heavy (non-hydrogen) atoms. The summed E-state index contributed by atoms with van der Waals surface area (Å²) in [5, 5.41) is 16.1. The molecule has 20 nitrogen and oxygen atoms in total. The number of nitrogens with zero attached hydrogens (tertiary/aromatic N) is 4. The van der Waals surface area contributed by atoms with E-state index in [0.717, 1.165) is 19.3 Å². The fourth-order valence-corrected chi connectivity index (χ4v) is 8.08. The maximum Gasteiger partial charge on any atom is 0.410 e. The highest BCUT2D eigenvalue weighted by Gasteiger charge is 2.44. The lowest BCUT2D eigenvalue weighted by Gasteiger charge is -2.32. The molecule has 20 heteroatoms. The molecule has 366 valence electrons. The van der Waals surface area contributed by atoms with Crippen molar-refractivity contribution in [2.45, 2.75) is 129 Å². The highest BCUT2D eigenvalue weighted by Crippen LogP contribution is 2.28. The van der Waals surface area contributed by atoms with E-state index in [2.05, 4.69) is 41.9 Å². The summed E-state index contributed by atoms with van der Waals surface area (Å²) in [5.74, 6) is -7.30. The van der Waals surface area contributed by atoms with Gasteiger partial charge in [0.15, 0.2) is 0 Å². The van der Waals surface area contributed by atoms with Crippen molar-refractivity contribution in [3.05, 3.63) is 60.2 Å². The predicted molar refractivity (Wildman–Crippen MR) is 245 cm³/mol. The van der Waals surface area contributed by atoms with Crippen molar-refractivity contribution in [2.24, 2.45) is 17.8 Å². The molecule has 1 saturated carbocycles. The van der Waals surface area contributed by atoms with Gasteiger partial charge in [-0.15, -0.1) is 0 Å². The van der Waals surface area contributed by atoms with Crippen molar-refractivity contribution < 1.29 is 47.9 Å². The quantitative estimate of drug-likeness (QED) is 0.104. The van der Waals surface area contributed by atoms with Gasteiger partial charge in [0.25, 0.3) is 11.8 Å². The summed E-state index contributed by atoms with van der Waals surface area (Å²) >= 11 is 0. The van der Waals surface area contributed by atoms with Gasteiger partial charge in [0.2, 0.25) is 35.3 Å². The van der Waals surface area contributed by atoms with Gasteiger partial charge in [-0.25, -0.2) is 9.78 Å². The lowest BCUT2D eigenvalue weighted by Crippen LogP contribution is -2.58. The largest absolute Gasteiger partial charge is 0.444 e. The summed E-state index contributed by atoms with van der Waals surface area (Å²) in [7, 11) is 3.07. The highest BCUT2D eigenvalue weighted by molar-refractivity contribution is 6.38. The number of likely N-dealkylation sites (N-methyl/N-ethyl adjacent to an activating group) is 1. The van der Waals surface area contributed by atoms with Crippen LogP contribution in [0.4, 0.5) is 4.79 Å². The van der Waals surface area contributed by atoms with Crippen LogP contribution in [-0.4, -0.2) is 136 Å². The van der Waals surface area contributed by atoms with E-state index >= 15 is 0 Å². The van der Waals surface area contributed by atoms with Crippen LogP contribution >= 0.6 is 0 Å². The lowest BCUT2D eigenvalue weighted by atomic mass is 9.83. The number of carbonyl (C=O) groups excluding carboxylic acids is 9. The third kappa shape index (κ3) is 16.1. The molecule has 2 aliphatic rings. The van der Waals surface area contributed by atoms with E-state index in [4.69, 9.17) is 4.74 Å². The van der Waals surface area contributed by atoms with Crippen LogP contribution < -0.4 is 31.9 Å². The molecule has 6 atom stereocenters. The molecular weight excluding hydrogens is 865 g/mol. The van der Waals surface area contributed by atoms with E-state index in [1.807, 2.05) is 13.8 Å². The topological polar surface area (TPSA) is 267 Å². The first-order valence-corrected chi connectivity index (χ1v) is 23.0. The fraction of sp³-hybridized carbons (Fsp3) is 0.596. The van der Waals surface area contributed by atoms with Gasteiger partial charge in [0.05, 0.1) is 30.7 Å². The van der Waals surface area contributed by atoms with Crippen molar-refractivity contribution >= 4 is 53.2 Å². The molecule has 1 aliphatic heterocycles. The SMILES string of the molecule is CCC[C@H](NC(=O)[C@@H]1CN(C(=O)OC(C)(C)C)C[C@@H]1NC(=O)[C@H](CC(C)C)NC(=O)[C@@H](NC(=O)c1cnccn1)C1CCCCC1)C(=O)C(=O)NCC(=O)N[C@H](C(=O)N(C)C)c1ccccc1. The van der Waals surface area contributed by atoms with Gasteiger partial charge in [-0.3, -0.25) is 43.3 Å². The summed E-state index contributed by atoms with van der Waals surface area (Å²) in [6.45, 7) is 9.50. The second-order valence-electron chi connectivity index (χ2n) is 18.8. The van der Waals surface area contributed by atoms with Crippen LogP contribution in [0.15, 0.2) is 48.9 Å². The van der Waals surface area contributed by atoms with E-state index in [0.29, 0.717) is 24.8 Å². The van der Waals surface area contributed by atoms with Crippen LogP contribution in [0.3, 0.4) is 0 Å². The van der Waals surface area contributed by atoms with Crippen LogP contribution in [0.1, 0.15) is 115 Å². The number of ketones is 1. The van der Waals surface area contributed by atoms with Crippen LogP contribution in [0.2, 0.25) is 0 Å². The molecule has 1 aromatic carbocycles. The van der Waals surface area contributed by atoms with Gasteiger partial charge in [-0.05, 0) is 63.9 Å². The maximum absolute atomic E-state index is 14.3. The Kier molecular flexibility index (Phi) is 19.7. The Bertz CT molecular complexity index is 2060. The fourth-order valence-electron chi connectivity index (χ4n) is 8.08. The average molecular weight is 933 g/mol. The molecule has 0 bridgehead atoms. The Morgan fingerprint density at radius 2 is 1.54 bits per heavy atom. The minimum atomic E-state index is -1.35. The Morgan fingerprint density at radius 3 is 2.13 bits per heavy atom. The first-order chi connectivity index (χ1) is 31.7. The van der Waals surface area contributed by atoms with Crippen LogP contribution in [0.25, 0.3) is 0 Å². The Hall–Kier alpha value is -6.47. The third-order valence-electron chi connectivity index (χ3n) is 11.4. The number of ether oxygens (including phenoxy) is 1. The molecule has 6 N–H and O–H groups in total. The predicted octanol–water partition coefficient (Wildman–Crippen LogP) is 1.95. The number of nitrogens with one attached hydrogen (secondary N) is 6. The average Bonchev–Trinajstić information content (AvgIpc) is 3.72. The monoisotopic (exact) mass is 933 g/mol. The molecule has 2 aromatic rings. The number of likely N-dealkylation sites (tertiary alicyclic amines) is 1. The molecular formula is C47H68N10O10. The zero-order valence-electron chi connectivity index (χ0n) is 39.9. The Morgan fingerprint density at radius 1 is 0.851 bits per heavy atom. The number of amides is 8. The van der Waals surface area contributed by atoms with Crippen molar-refractivity contribution in [3.63, 3.8) is 0 Å². The summed E-state index contributed by atoms with van der Waals surface area (Å²) in [4.78, 5) is 133. The molecule has 2 heterocycles. The van der Waals surface area contributed by atoms with Gasteiger partial charge in [0.1, 0.15) is 29.4 Å². The number of hydrogen-bond acceptors (Lipinski definition) is 12. The number of rotatable bonds is 20. The van der Waals surface area contributed by atoms with E-state index in [1.54, 1.807) is 58.0 Å². The normalized spacial score (nSPS) is 18.0. The molecule has 1 aromatic heterocycles. The summed E-state index contributed by atoms with van der Waals surface area (Å²) < 4.78 is 5.59. The van der Waals surface area contributed by atoms with Gasteiger partial charge >= 0.3 is 6.09 Å². The molecule has 0 radical (unpaired) electrons. The minimum absolute atomic E-state index is 0.0331. The Balaban J connectivity index is 1.50. The molecule has 8 amide bonds. The molecule has 1 saturated heterocycles. The van der Waals surface area contributed by atoms with E-state index < -0.39 is 101 Å². The maximum atomic E-state index is 14.3. The zero-order valence-corrected chi connectivity index (χ0v) is 39.9.